The minimum Gasteiger partial charge on any atom is -0.455 e. The quantitative estimate of drug-likeness (QED) is 0.174. The Bertz CT molecular complexity index is 3190. The first-order valence-electron chi connectivity index (χ1n) is 17.3. The first-order valence-corrected chi connectivity index (χ1v) is 18.2. The van der Waals surface area contributed by atoms with Crippen molar-refractivity contribution in [2.45, 2.75) is 0 Å². The molecule has 0 saturated heterocycles. The maximum Gasteiger partial charge on any atom is 0.167 e. The summed E-state index contributed by atoms with van der Waals surface area (Å²) in [6.45, 7) is 0. The average Bonchev–Trinajstić information content (AvgIpc) is 3.78. The number of furan rings is 1. The summed E-state index contributed by atoms with van der Waals surface area (Å²) in [7, 11) is 0. The Labute approximate surface area is 302 Å². The third kappa shape index (κ3) is 4.57. The fourth-order valence-electron chi connectivity index (χ4n) is 7.63. The highest BCUT2D eigenvalue weighted by Gasteiger charge is 2.19. The predicted molar refractivity (Wildman–Crippen MR) is 217 cm³/mol. The first-order chi connectivity index (χ1) is 25.7. The topological polar surface area (TPSA) is 51.8 Å². The lowest BCUT2D eigenvalue weighted by Crippen LogP contribution is -2.01. The van der Waals surface area contributed by atoms with Gasteiger partial charge >= 0.3 is 0 Å². The third-order valence-electron chi connectivity index (χ3n) is 10.1. The number of fused-ring (bicyclic) bond motifs is 9. The lowest BCUT2D eigenvalue weighted by atomic mass is 9.97. The minimum absolute atomic E-state index is 0.571. The van der Waals surface area contributed by atoms with Gasteiger partial charge in [0, 0.05) is 47.5 Å². The first kappa shape index (κ1) is 29.1. The third-order valence-corrected chi connectivity index (χ3v) is 11.3. The van der Waals surface area contributed by atoms with Crippen LogP contribution in [-0.4, -0.2) is 15.0 Å². The maximum atomic E-state index is 6.47. The molecule has 0 aliphatic carbocycles. The SMILES string of the molecule is c1ccc2c(c1)ccc1cccc(-c3nc(-c4ccc(-c5ccc6c(c5)sc5ccccc56)cc4)nc(-c4cccc5c4oc4ccccc45)n3)c12. The number of para-hydroxylation sites is 2. The summed E-state index contributed by atoms with van der Waals surface area (Å²) in [6.07, 6.45) is 0. The highest BCUT2D eigenvalue weighted by atomic mass is 32.1. The molecule has 3 aromatic heterocycles. The van der Waals surface area contributed by atoms with E-state index in [-0.39, 0.29) is 0 Å². The van der Waals surface area contributed by atoms with Crippen molar-refractivity contribution in [3.05, 3.63) is 164 Å². The molecule has 3 heterocycles. The molecule has 0 unspecified atom stereocenters. The van der Waals surface area contributed by atoms with Crippen molar-refractivity contribution in [1.82, 2.24) is 15.0 Å². The standard InChI is InChI=1S/C47H27N3OS/c1-2-11-33-29(9-1)21-22-30-10-7-15-38(43(30)33)46-48-45(49-47(50-46)39-16-8-14-37-34-12-3-5-17-40(34)51-44(37)39)31-23-19-28(20-24-31)32-25-26-36-35-13-4-6-18-41(35)52-42(36)27-32/h1-27H. The molecule has 0 N–H and O–H groups in total. The van der Waals surface area contributed by atoms with Crippen LogP contribution in [0.25, 0.3) is 109 Å². The summed E-state index contributed by atoms with van der Waals surface area (Å²) in [4.78, 5) is 15.6. The van der Waals surface area contributed by atoms with Gasteiger partial charge in [0.1, 0.15) is 11.2 Å². The van der Waals surface area contributed by atoms with Crippen LogP contribution in [0.3, 0.4) is 0 Å². The highest BCUT2D eigenvalue weighted by Crippen LogP contribution is 2.39. The zero-order valence-electron chi connectivity index (χ0n) is 27.7. The van der Waals surface area contributed by atoms with Gasteiger partial charge in [0.15, 0.2) is 17.5 Å². The van der Waals surface area contributed by atoms with Gasteiger partial charge in [-0.3, -0.25) is 0 Å². The van der Waals surface area contributed by atoms with Crippen LogP contribution in [0.2, 0.25) is 0 Å². The van der Waals surface area contributed by atoms with Crippen LogP contribution in [0.5, 0.6) is 0 Å². The Hall–Kier alpha value is -6.69. The van der Waals surface area contributed by atoms with Crippen LogP contribution in [0, 0.1) is 0 Å². The Balaban J connectivity index is 1.10. The Morgan fingerprint density at radius 1 is 0.385 bits per heavy atom. The van der Waals surface area contributed by atoms with Gasteiger partial charge in [0.2, 0.25) is 0 Å². The van der Waals surface area contributed by atoms with Crippen molar-refractivity contribution < 1.29 is 4.42 Å². The lowest BCUT2D eigenvalue weighted by Gasteiger charge is -2.12. The van der Waals surface area contributed by atoms with Crippen LogP contribution >= 0.6 is 11.3 Å². The minimum atomic E-state index is 0.571. The van der Waals surface area contributed by atoms with E-state index in [1.165, 1.54) is 36.5 Å². The molecule has 0 saturated carbocycles. The van der Waals surface area contributed by atoms with E-state index in [9.17, 15) is 0 Å². The van der Waals surface area contributed by atoms with Gasteiger partial charge in [-0.15, -0.1) is 11.3 Å². The summed E-state index contributed by atoms with van der Waals surface area (Å²) >= 11 is 1.84. The number of rotatable bonds is 4. The molecule has 0 aliphatic heterocycles. The van der Waals surface area contributed by atoms with Crippen molar-refractivity contribution >= 4 is 75.0 Å². The molecule has 11 aromatic rings. The number of aromatic nitrogens is 3. The molecule has 0 fully saturated rings. The monoisotopic (exact) mass is 681 g/mol. The fourth-order valence-corrected chi connectivity index (χ4v) is 8.78. The van der Waals surface area contributed by atoms with E-state index in [4.69, 9.17) is 19.4 Å². The second-order valence-corrected chi connectivity index (χ2v) is 14.2. The molecule has 8 aromatic carbocycles. The molecule has 0 amide bonds. The van der Waals surface area contributed by atoms with E-state index in [0.717, 1.165) is 55.0 Å². The number of thiophene rings is 1. The zero-order valence-corrected chi connectivity index (χ0v) is 28.6. The highest BCUT2D eigenvalue weighted by molar-refractivity contribution is 7.25. The number of hydrogen-bond acceptors (Lipinski definition) is 5. The smallest absolute Gasteiger partial charge is 0.167 e. The van der Waals surface area contributed by atoms with Crippen LogP contribution < -0.4 is 0 Å². The van der Waals surface area contributed by atoms with Crippen molar-refractivity contribution in [3.63, 3.8) is 0 Å². The Kier molecular flexibility index (Phi) is 6.39. The molecule has 0 bridgehead atoms. The number of nitrogens with zero attached hydrogens (tertiary/aromatic N) is 3. The Morgan fingerprint density at radius 3 is 1.90 bits per heavy atom. The average molecular weight is 682 g/mol. The van der Waals surface area contributed by atoms with E-state index >= 15 is 0 Å². The van der Waals surface area contributed by atoms with Gasteiger partial charge in [0.25, 0.3) is 0 Å². The molecular weight excluding hydrogens is 655 g/mol. The van der Waals surface area contributed by atoms with Crippen molar-refractivity contribution in [3.8, 4) is 45.3 Å². The van der Waals surface area contributed by atoms with Gasteiger partial charge in [-0.25, -0.2) is 15.0 Å². The van der Waals surface area contributed by atoms with Crippen LogP contribution in [-0.2, 0) is 0 Å². The van der Waals surface area contributed by atoms with Crippen molar-refractivity contribution in [2.75, 3.05) is 0 Å². The molecular formula is C47H27N3OS. The van der Waals surface area contributed by atoms with E-state index < -0.39 is 0 Å². The second-order valence-electron chi connectivity index (χ2n) is 13.2. The van der Waals surface area contributed by atoms with E-state index in [1.807, 2.05) is 35.6 Å². The summed E-state index contributed by atoms with van der Waals surface area (Å²) in [5, 5.41) is 9.31. The van der Waals surface area contributed by atoms with Gasteiger partial charge in [-0.05, 0) is 51.6 Å². The summed E-state index contributed by atoms with van der Waals surface area (Å²) < 4.78 is 9.07. The van der Waals surface area contributed by atoms with E-state index in [2.05, 4.69) is 140 Å². The molecule has 0 radical (unpaired) electrons. The van der Waals surface area contributed by atoms with Crippen LogP contribution in [0.4, 0.5) is 0 Å². The van der Waals surface area contributed by atoms with Crippen LogP contribution in [0.1, 0.15) is 0 Å². The molecule has 0 spiro atoms. The predicted octanol–water partition coefficient (Wildman–Crippen LogP) is 13.1. The summed E-state index contributed by atoms with van der Waals surface area (Å²) in [6, 6.07) is 57.5. The van der Waals surface area contributed by atoms with Crippen LogP contribution in [0.15, 0.2) is 168 Å². The molecule has 242 valence electrons. The summed E-state index contributed by atoms with van der Waals surface area (Å²) in [5.74, 6) is 1.80. The number of hydrogen-bond donors (Lipinski definition) is 0. The molecule has 11 rings (SSSR count). The van der Waals surface area contributed by atoms with Crippen molar-refractivity contribution in [2.24, 2.45) is 0 Å². The summed E-state index contributed by atoms with van der Waals surface area (Å²) in [5.41, 5.74) is 6.64. The van der Waals surface area contributed by atoms with Gasteiger partial charge in [-0.2, -0.15) is 0 Å². The van der Waals surface area contributed by atoms with Gasteiger partial charge < -0.3 is 4.42 Å². The van der Waals surface area contributed by atoms with Crippen molar-refractivity contribution in [1.29, 1.82) is 0 Å². The van der Waals surface area contributed by atoms with Gasteiger partial charge in [0.05, 0.1) is 5.56 Å². The fraction of sp³-hybridized carbons (Fsp3) is 0. The molecule has 5 heteroatoms. The van der Waals surface area contributed by atoms with Gasteiger partial charge in [-0.1, -0.05) is 140 Å². The maximum absolute atomic E-state index is 6.47. The largest absolute Gasteiger partial charge is 0.455 e. The van der Waals surface area contributed by atoms with E-state index in [0.29, 0.717) is 17.5 Å². The van der Waals surface area contributed by atoms with E-state index in [1.54, 1.807) is 0 Å². The molecule has 52 heavy (non-hydrogen) atoms. The number of benzene rings is 8. The molecule has 0 atom stereocenters. The lowest BCUT2D eigenvalue weighted by molar-refractivity contribution is 0.669. The zero-order chi connectivity index (χ0) is 34.2. The normalized spacial score (nSPS) is 11.8. The second kappa shape index (κ2) is 11.4. The molecule has 4 nitrogen and oxygen atoms in total. The molecule has 0 aliphatic rings. The Morgan fingerprint density at radius 2 is 1.00 bits per heavy atom.